The number of hydrogen-bond acceptors (Lipinski definition) is 4. The van der Waals surface area contributed by atoms with Crippen molar-refractivity contribution in [2.45, 2.75) is 11.9 Å². The van der Waals surface area contributed by atoms with Crippen molar-refractivity contribution in [1.82, 2.24) is 4.72 Å². The van der Waals surface area contributed by atoms with Crippen LogP contribution < -0.4 is 4.72 Å². The molecular weight excluding hydrogens is 332 g/mol. The van der Waals surface area contributed by atoms with Crippen LogP contribution in [0.2, 0.25) is 0 Å². The molecule has 0 amide bonds. The Labute approximate surface area is 131 Å². The van der Waals surface area contributed by atoms with Crippen LogP contribution in [0.3, 0.4) is 0 Å². The van der Waals surface area contributed by atoms with Crippen molar-refractivity contribution in [3.05, 3.63) is 57.8 Å². The van der Waals surface area contributed by atoms with Gasteiger partial charge in [0.2, 0.25) is 10.0 Å². The zero-order valence-electron chi connectivity index (χ0n) is 11.8. The molecule has 1 heterocycles. The van der Waals surface area contributed by atoms with E-state index in [4.69, 9.17) is 4.74 Å². The van der Waals surface area contributed by atoms with Crippen molar-refractivity contribution in [2.24, 2.45) is 0 Å². The Balaban J connectivity index is 2.01. The molecule has 22 heavy (non-hydrogen) atoms. The van der Waals surface area contributed by atoms with E-state index in [1.54, 1.807) is 0 Å². The van der Waals surface area contributed by atoms with Gasteiger partial charge in [-0.15, -0.1) is 0 Å². The van der Waals surface area contributed by atoms with Crippen LogP contribution in [0.25, 0.3) is 0 Å². The summed E-state index contributed by atoms with van der Waals surface area (Å²) in [5.74, 6) is -2.11. The normalized spacial score (nSPS) is 13.2. The third kappa shape index (κ3) is 4.84. The van der Waals surface area contributed by atoms with Crippen LogP contribution in [0.15, 0.2) is 35.0 Å². The molecule has 8 heteroatoms. The third-order valence-electron chi connectivity index (χ3n) is 2.97. The predicted molar refractivity (Wildman–Crippen MR) is 81.1 cm³/mol. The molecule has 120 valence electrons. The number of nitrogens with one attached hydrogen (secondary N) is 1. The maximum absolute atomic E-state index is 13.1. The second kappa shape index (κ2) is 7.28. The van der Waals surface area contributed by atoms with Gasteiger partial charge in [-0.2, -0.15) is 11.3 Å². The number of methoxy groups -OCH3 is 1. The van der Waals surface area contributed by atoms with Gasteiger partial charge in [-0.05, 0) is 40.1 Å². The maximum Gasteiger partial charge on any atom is 0.215 e. The van der Waals surface area contributed by atoms with Crippen LogP contribution in [0.1, 0.15) is 17.2 Å². The fourth-order valence-electron chi connectivity index (χ4n) is 1.96. The number of ether oxygens (including phenoxy) is 1. The van der Waals surface area contributed by atoms with Crippen molar-refractivity contribution >= 4 is 21.4 Å². The van der Waals surface area contributed by atoms with E-state index in [2.05, 4.69) is 4.72 Å². The van der Waals surface area contributed by atoms with Gasteiger partial charge < -0.3 is 4.74 Å². The first kappa shape index (κ1) is 17.0. The maximum atomic E-state index is 13.1. The summed E-state index contributed by atoms with van der Waals surface area (Å²) < 4.78 is 57.8. The average Bonchev–Trinajstić information content (AvgIpc) is 2.91. The lowest BCUT2D eigenvalue weighted by atomic mass is 10.2. The third-order valence-corrected chi connectivity index (χ3v) is 4.99. The van der Waals surface area contributed by atoms with Crippen LogP contribution in [0.4, 0.5) is 8.78 Å². The molecule has 0 spiro atoms. The average molecular weight is 347 g/mol. The lowest BCUT2D eigenvalue weighted by Crippen LogP contribution is -2.30. The van der Waals surface area contributed by atoms with Crippen LogP contribution in [0.5, 0.6) is 0 Å². The minimum atomic E-state index is -3.72. The highest BCUT2D eigenvalue weighted by atomic mass is 32.2. The van der Waals surface area contributed by atoms with Crippen molar-refractivity contribution in [3.8, 4) is 0 Å². The first-order valence-corrected chi connectivity index (χ1v) is 8.96. The summed E-state index contributed by atoms with van der Waals surface area (Å²) in [4.78, 5) is 0. The SMILES string of the molecule is CO[C@@H](CNS(=O)(=O)Cc1cc(F)cc(F)c1)c1ccsc1. The summed E-state index contributed by atoms with van der Waals surface area (Å²) in [6, 6.07) is 4.53. The number of benzene rings is 1. The topological polar surface area (TPSA) is 55.4 Å². The first-order valence-electron chi connectivity index (χ1n) is 6.37. The lowest BCUT2D eigenvalue weighted by Gasteiger charge is -2.15. The zero-order chi connectivity index (χ0) is 16.2. The number of sulfonamides is 1. The van der Waals surface area contributed by atoms with Gasteiger partial charge in [0.05, 0.1) is 11.9 Å². The fraction of sp³-hybridized carbons (Fsp3) is 0.286. The summed E-state index contributed by atoms with van der Waals surface area (Å²) in [5, 5.41) is 3.73. The van der Waals surface area contributed by atoms with Gasteiger partial charge in [-0.3, -0.25) is 0 Å². The number of thiophene rings is 1. The standard InChI is InChI=1S/C14H15F2NO3S2/c1-20-14(11-2-3-21-8-11)7-17-22(18,19)9-10-4-12(15)6-13(16)5-10/h2-6,8,14,17H,7,9H2,1H3/t14-/m0/s1. The van der Waals surface area contributed by atoms with E-state index in [0.717, 1.165) is 17.7 Å². The van der Waals surface area contributed by atoms with Crippen molar-refractivity contribution in [2.75, 3.05) is 13.7 Å². The van der Waals surface area contributed by atoms with Crippen LogP contribution in [-0.4, -0.2) is 22.1 Å². The Morgan fingerprint density at radius 3 is 2.50 bits per heavy atom. The van der Waals surface area contributed by atoms with Gasteiger partial charge in [0.15, 0.2) is 0 Å². The van der Waals surface area contributed by atoms with Crippen molar-refractivity contribution < 1.29 is 21.9 Å². The monoisotopic (exact) mass is 347 g/mol. The van der Waals surface area contributed by atoms with Gasteiger partial charge in [0.25, 0.3) is 0 Å². The molecule has 0 fully saturated rings. The molecule has 0 aliphatic heterocycles. The zero-order valence-corrected chi connectivity index (χ0v) is 13.4. The predicted octanol–water partition coefficient (Wildman–Crippen LogP) is 2.83. The largest absolute Gasteiger partial charge is 0.375 e. The minimum absolute atomic E-state index is 0.0490. The van der Waals surface area contributed by atoms with E-state index in [-0.39, 0.29) is 12.1 Å². The molecule has 0 unspecified atom stereocenters. The van der Waals surface area contributed by atoms with Gasteiger partial charge in [0, 0.05) is 19.7 Å². The van der Waals surface area contributed by atoms with Gasteiger partial charge >= 0.3 is 0 Å². The molecule has 0 aliphatic carbocycles. The Morgan fingerprint density at radius 1 is 1.27 bits per heavy atom. The van der Waals surface area contributed by atoms with E-state index in [1.165, 1.54) is 18.4 Å². The minimum Gasteiger partial charge on any atom is -0.375 e. The molecule has 4 nitrogen and oxygen atoms in total. The molecule has 1 aromatic carbocycles. The summed E-state index contributed by atoms with van der Waals surface area (Å²) in [6.07, 6.45) is -0.412. The van der Waals surface area contributed by atoms with E-state index in [1.807, 2.05) is 16.8 Å². The van der Waals surface area contributed by atoms with Crippen LogP contribution in [0, 0.1) is 11.6 Å². The molecule has 1 aromatic heterocycles. The van der Waals surface area contributed by atoms with Crippen molar-refractivity contribution in [3.63, 3.8) is 0 Å². The van der Waals surface area contributed by atoms with Gasteiger partial charge in [0.1, 0.15) is 11.6 Å². The van der Waals surface area contributed by atoms with Crippen molar-refractivity contribution in [1.29, 1.82) is 0 Å². The fourth-order valence-corrected chi connectivity index (χ4v) is 3.78. The molecule has 2 aromatic rings. The second-order valence-electron chi connectivity index (χ2n) is 4.67. The Morgan fingerprint density at radius 2 is 1.95 bits per heavy atom. The molecule has 2 rings (SSSR count). The quantitative estimate of drug-likeness (QED) is 0.838. The Kier molecular flexibility index (Phi) is 5.63. The lowest BCUT2D eigenvalue weighted by molar-refractivity contribution is 0.107. The highest BCUT2D eigenvalue weighted by Crippen LogP contribution is 2.19. The summed E-state index contributed by atoms with van der Waals surface area (Å²) >= 11 is 1.48. The second-order valence-corrected chi connectivity index (χ2v) is 7.25. The number of hydrogen-bond donors (Lipinski definition) is 1. The van der Waals surface area contributed by atoms with Gasteiger partial charge in [-0.1, -0.05) is 0 Å². The smallest absolute Gasteiger partial charge is 0.215 e. The molecule has 1 atom stereocenters. The summed E-state index contributed by atoms with van der Waals surface area (Å²) in [6.45, 7) is 0.0490. The molecule has 0 saturated carbocycles. The molecule has 0 saturated heterocycles. The highest BCUT2D eigenvalue weighted by molar-refractivity contribution is 7.88. The van der Waals surface area contributed by atoms with E-state index < -0.39 is 33.5 Å². The molecule has 1 N–H and O–H groups in total. The number of rotatable bonds is 7. The molecule has 0 radical (unpaired) electrons. The van der Waals surface area contributed by atoms with E-state index in [9.17, 15) is 17.2 Å². The first-order chi connectivity index (χ1) is 10.4. The molecular formula is C14H15F2NO3S2. The van der Waals surface area contributed by atoms with E-state index in [0.29, 0.717) is 6.07 Å². The van der Waals surface area contributed by atoms with Crippen LogP contribution in [-0.2, 0) is 20.5 Å². The van der Waals surface area contributed by atoms with E-state index >= 15 is 0 Å². The Hall–Kier alpha value is -1.35. The summed E-state index contributed by atoms with van der Waals surface area (Å²) in [7, 11) is -2.24. The molecule has 0 bridgehead atoms. The molecule has 0 aliphatic rings. The Bertz CT molecular complexity index is 697. The number of halogens is 2. The summed E-state index contributed by atoms with van der Waals surface area (Å²) in [5.41, 5.74) is 0.918. The van der Waals surface area contributed by atoms with Crippen LogP contribution >= 0.6 is 11.3 Å². The van der Waals surface area contributed by atoms with Gasteiger partial charge in [-0.25, -0.2) is 21.9 Å². The highest BCUT2D eigenvalue weighted by Gasteiger charge is 2.17.